The van der Waals surface area contributed by atoms with Crippen molar-refractivity contribution >= 4 is 5.69 Å². The van der Waals surface area contributed by atoms with Crippen molar-refractivity contribution in [2.45, 2.75) is 13.5 Å². The Balaban J connectivity index is 2.29. The molecule has 0 unspecified atom stereocenters. The van der Waals surface area contributed by atoms with Gasteiger partial charge in [0.05, 0.1) is 18.4 Å². The van der Waals surface area contributed by atoms with Gasteiger partial charge in [0.1, 0.15) is 11.8 Å². The number of hydrogen-bond acceptors (Lipinski definition) is 3. The molecular weight excluding hydrogens is 248 g/mol. The second kappa shape index (κ2) is 6.12. The normalized spacial score (nSPS) is 9.90. The van der Waals surface area contributed by atoms with Crippen molar-refractivity contribution < 1.29 is 4.74 Å². The van der Waals surface area contributed by atoms with E-state index in [-0.39, 0.29) is 0 Å². The summed E-state index contributed by atoms with van der Waals surface area (Å²) in [6.45, 7) is 2.69. The number of rotatable bonds is 4. The zero-order valence-corrected chi connectivity index (χ0v) is 12.1. The van der Waals surface area contributed by atoms with Crippen molar-refractivity contribution in [3.63, 3.8) is 0 Å². The first kappa shape index (κ1) is 14.0. The molecule has 0 amide bonds. The van der Waals surface area contributed by atoms with Gasteiger partial charge in [0.25, 0.3) is 0 Å². The molecule has 0 aromatic heterocycles. The molecule has 0 aliphatic heterocycles. The van der Waals surface area contributed by atoms with Crippen molar-refractivity contribution in [2.24, 2.45) is 0 Å². The number of aryl methyl sites for hydroxylation is 1. The first-order valence-electron chi connectivity index (χ1n) is 6.49. The highest BCUT2D eigenvalue weighted by Crippen LogP contribution is 2.25. The number of anilines is 1. The number of methoxy groups -OCH3 is 1. The lowest BCUT2D eigenvalue weighted by molar-refractivity contribution is 0.409. The first-order valence-corrected chi connectivity index (χ1v) is 6.49. The smallest absolute Gasteiger partial charge is 0.123 e. The predicted octanol–water partition coefficient (Wildman–Crippen LogP) is 3.51. The minimum Gasteiger partial charge on any atom is -0.496 e. The standard InChI is InChI=1S/C17H18N2O/c1-13-8-9-16(15(10-13)11-18)19(2)12-14-6-4-5-7-17(14)20-3/h4-10H,12H2,1-3H3. The van der Waals surface area contributed by atoms with Gasteiger partial charge in [0, 0.05) is 19.2 Å². The Hall–Kier alpha value is -2.47. The lowest BCUT2D eigenvalue weighted by atomic mass is 10.1. The van der Waals surface area contributed by atoms with Crippen LogP contribution in [0.5, 0.6) is 5.75 Å². The summed E-state index contributed by atoms with van der Waals surface area (Å²) >= 11 is 0. The number of benzene rings is 2. The Morgan fingerprint density at radius 2 is 1.95 bits per heavy atom. The van der Waals surface area contributed by atoms with Crippen molar-refractivity contribution in [1.82, 2.24) is 0 Å². The average molecular weight is 266 g/mol. The van der Waals surface area contributed by atoms with Gasteiger partial charge in [0.2, 0.25) is 0 Å². The highest BCUT2D eigenvalue weighted by molar-refractivity contribution is 5.60. The zero-order valence-electron chi connectivity index (χ0n) is 12.1. The summed E-state index contributed by atoms with van der Waals surface area (Å²) in [5, 5.41) is 9.26. The van der Waals surface area contributed by atoms with Gasteiger partial charge in [-0.3, -0.25) is 0 Å². The van der Waals surface area contributed by atoms with Gasteiger partial charge in [-0.05, 0) is 30.7 Å². The first-order chi connectivity index (χ1) is 9.65. The molecule has 0 N–H and O–H groups in total. The second-order valence-electron chi connectivity index (χ2n) is 4.80. The van der Waals surface area contributed by atoms with Crippen LogP contribution >= 0.6 is 0 Å². The van der Waals surface area contributed by atoms with Crippen molar-refractivity contribution in [1.29, 1.82) is 5.26 Å². The van der Waals surface area contributed by atoms with E-state index in [1.54, 1.807) is 7.11 Å². The number of para-hydroxylation sites is 1. The molecule has 3 nitrogen and oxygen atoms in total. The Morgan fingerprint density at radius 3 is 2.65 bits per heavy atom. The molecule has 0 bridgehead atoms. The van der Waals surface area contributed by atoms with Crippen LogP contribution in [0, 0.1) is 18.3 Å². The number of nitrogens with zero attached hydrogens (tertiary/aromatic N) is 2. The Bertz CT molecular complexity index is 644. The van der Waals surface area contributed by atoms with Crippen LogP contribution < -0.4 is 9.64 Å². The lowest BCUT2D eigenvalue weighted by Gasteiger charge is -2.22. The molecule has 0 saturated carbocycles. The van der Waals surface area contributed by atoms with E-state index in [0.29, 0.717) is 12.1 Å². The largest absolute Gasteiger partial charge is 0.496 e. The quantitative estimate of drug-likeness (QED) is 0.849. The third-order valence-electron chi connectivity index (χ3n) is 3.28. The van der Waals surface area contributed by atoms with Crippen LogP contribution in [-0.2, 0) is 6.54 Å². The Kier molecular flexibility index (Phi) is 4.27. The maximum Gasteiger partial charge on any atom is 0.123 e. The fraction of sp³-hybridized carbons (Fsp3) is 0.235. The summed E-state index contributed by atoms with van der Waals surface area (Å²) in [4.78, 5) is 2.07. The van der Waals surface area contributed by atoms with Crippen LogP contribution in [0.2, 0.25) is 0 Å². The van der Waals surface area contributed by atoms with E-state index < -0.39 is 0 Å². The van der Waals surface area contributed by atoms with E-state index in [9.17, 15) is 5.26 Å². The molecule has 0 aliphatic rings. The van der Waals surface area contributed by atoms with Crippen LogP contribution in [0.1, 0.15) is 16.7 Å². The van der Waals surface area contributed by atoms with Crippen molar-refractivity contribution in [3.8, 4) is 11.8 Å². The fourth-order valence-corrected chi connectivity index (χ4v) is 2.25. The summed E-state index contributed by atoms with van der Waals surface area (Å²) in [5.74, 6) is 0.866. The summed E-state index contributed by atoms with van der Waals surface area (Å²) in [7, 11) is 3.66. The van der Waals surface area contributed by atoms with Crippen LogP contribution in [0.15, 0.2) is 42.5 Å². The van der Waals surface area contributed by atoms with E-state index in [1.165, 1.54) is 0 Å². The van der Waals surface area contributed by atoms with E-state index >= 15 is 0 Å². The van der Waals surface area contributed by atoms with Crippen LogP contribution in [-0.4, -0.2) is 14.2 Å². The molecule has 2 rings (SSSR count). The van der Waals surface area contributed by atoms with Gasteiger partial charge in [-0.15, -0.1) is 0 Å². The molecule has 0 aliphatic carbocycles. The molecule has 0 spiro atoms. The molecule has 2 aromatic carbocycles. The number of nitriles is 1. The maximum atomic E-state index is 9.26. The lowest BCUT2D eigenvalue weighted by Crippen LogP contribution is -2.18. The molecule has 102 valence electrons. The maximum absolute atomic E-state index is 9.26. The second-order valence-corrected chi connectivity index (χ2v) is 4.80. The van der Waals surface area contributed by atoms with E-state index in [0.717, 1.165) is 22.6 Å². The minimum atomic E-state index is 0.696. The molecule has 0 fully saturated rings. The van der Waals surface area contributed by atoms with Gasteiger partial charge >= 0.3 is 0 Å². The van der Waals surface area contributed by atoms with Crippen LogP contribution in [0.4, 0.5) is 5.69 Å². The van der Waals surface area contributed by atoms with E-state index in [2.05, 4.69) is 11.0 Å². The molecule has 3 heteroatoms. The molecular formula is C17H18N2O. The van der Waals surface area contributed by atoms with Gasteiger partial charge in [-0.1, -0.05) is 24.3 Å². The minimum absolute atomic E-state index is 0.696. The third-order valence-corrected chi connectivity index (χ3v) is 3.28. The summed E-state index contributed by atoms with van der Waals surface area (Å²) in [6, 6.07) is 16.1. The van der Waals surface area contributed by atoms with Gasteiger partial charge in [-0.25, -0.2) is 0 Å². The van der Waals surface area contributed by atoms with Gasteiger partial charge in [-0.2, -0.15) is 5.26 Å². The number of ether oxygens (including phenoxy) is 1. The van der Waals surface area contributed by atoms with Crippen molar-refractivity contribution in [3.05, 3.63) is 59.2 Å². The molecule has 0 heterocycles. The molecule has 0 saturated heterocycles. The Labute approximate surface area is 120 Å². The Morgan fingerprint density at radius 1 is 1.20 bits per heavy atom. The molecule has 2 aromatic rings. The molecule has 0 atom stereocenters. The van der Waals surface area contributed by atoms with Crippen LogP contribution in [0.25, 0.3) is 0 Å². The summed E-state index contributed by atoms with van der Waals surface area (Å²) in [5.41, 5.74) is 3.82. The van der Waals surface area contributed by atoms with E-state index in [4.69, 9.17) is 4.74 Å². The van der Waals surface area contributed by atoms with Crippen LogP contribution in [0.3, 0.4) is 0 Å². The van der Waals surface area contributed by atoms with Gasteiger partial charge < -0.3 is 9.64 Å². The average Bonchev–Trinajstić information content (AvgIpc) is 2.47. The summed E-state index contributed by atoms with van der Waals surface area (Å²) in [6.07, 6.45) is 0. The molecule has 0 radical (unpaired) electrons. The van der Waals surface area contributed by atoms with E-state index in [1.807, 2.05) is 56.4 Å². The third kappa shape index (κ3) is 2.92. The zero-order chi connectivity index (χ0) is 14.5. The highest BCUT2D eigenvalue weighted by atomic mass is 16.5. The number of hydrogen-bond donors (Lipinski definition) is 0. The predicted molar refractivity (Wildman–Crippen MR) is 81.0 cm³/mol. The molecule has 20 heavy (non-hydrogen) atoms. The highest BCUT2D eigenvalue weighted by Gasteiger charge is 2.10. The topological polar surface area (TPSA) is 36.3 Å². The van der Waals surface area contributed by atoms with Gasteiger partial charge in [0.15, 0.2) is 0 Å². The SMILES string of the molecule is COc1ccccc1CN(C)c1ccc(C)cc1C#N. The monoisotopic (exact) mass is 266 g/mol. The fourth-order valence-electron chi connectivity index (χ4n) is 2.25. The summed E-state index contributed by atoms with van der Waals surface area (Å²) < 4.78 is 5.37. The van der Waals surface area contributed by atoms with Crippen molar-refractivity contribution in [2.75, 3.05) is 19.1 Å².